The lowest BCUT2D eigenvalue weighted by atomic mass is 9.87. The van der Waals surface area contributed by atoms with E-state index in [2.05, 4.69) is 32.7 Å². The number of aryl methyl sites for hydroxylation is 1. The van der Waals surface area contributed by atoms with E-state index in [1.54, 1.807) is 21.7 Å². The monoisotopic (exact) mass is 451 g/mol. The van der Waals surface area contributed by atoms with Crippen molar-refractivity contribution >= 4 is 11.8 Å². The van der Waals surface area contributed by atoms with Crippen LogP contribution in [0.3, 0.4) is 0 Å². The first kappa shape index (κ1) is 22.1. The van der Waals surface area contributed by atoms with Crippen LogP contribution in [0.4, 0.5) is 10.6 Å². The van der Waals surface area contributed by atoms with Gasteiger partial charge in [-0.25, -0.2) is 9.59 Å². The Morgan fingerprint density at radius 3 is 2.76 bits per heavy atom. The fraction of sp³-hybridized carbons (Fsp3) is 0.542. The lowest BCUT2D eigenvalue weighted by molar-refractivity contribution is 0.204. The van der Waals surface area contributed by atoms with E-state index in [1.807, 2.05) is 6.07 Å². The number of hydrogen-bond donors (Lipinski definition) is 3. The molecule has 1 aliphatic carbocycles. The lowest BCUT2D eigenvalue weighted by Crippen LogP contribution is -2.48. The van der Waals surface area contributed by atoms with Crippen molar-refractivity contribution in [2.75, 3.05) is 51.1 Å². The average Bonchev–Trinajstić information content (AvgIpc) is 3.33. The number of rotatable bonds is 4. The van der Waals surface area contributed by atoms with Crippen molar-refractivity contribution in [3.8, 4) is 5.69 Å². The number of likely N-dealkylation sites (tertiary alicyclic amines) is 1. The molecule has 0 radical (unpaired) electrons. The van der Waals surface area contributed by atoms with E-state index in [4.69, 9.17) is 5.73 Å². The molecule has 4 N–H and O–H groups in total. The van der Waals surface area contributed by atoms with Crippen molar-refractivity contribution in [2.45, 2.75) is 31.7 Å². The number of aromatic nitrogens is 2. The third-order valence-corrected chi connectivity index (χ3v) is 7.28. The second-order valence-electron chi connectivity index (χ2n) is 9.37. The van der Waals surface area contributed by atoms with E-state index in [1.165, 1.54) is 17.5 Å². The summed E-state index contributed by atoms with van der Waals surface area (Å²) in [7, 11) is 0. The first-order valence-electron chi connectivity index (χ1n) is 12.0. The molecule has 2 saturated heterocycles. The Labute approximate surface area is 194 Å². The standard InChI is InChI=1S/C24H33N7O2/c25-15-17-5-9-30(16-17)20-3-1-19-14-21(4-2-18(19)13-20)31-10-6-22(28-24(31)33)27-23(32)29-11-7-26-8-12-29/h2,4,6,10,14,17,20,26H,1,3,5,7-9,11-13,15-16,25H2,(H,27,28,32,33)/t17-,20?/m0/s1. The summed E-state index contributed by atoms with van der Waals surface area (Å²) in [5, 5.41) is 5.95. The van der Waals surface area contributed by atoms with E-state index in [0.717, 1.165) is 57.7 Å². The van der Waals surface area contributed by atoms with Crippen LogP contribution in [-0.4, -0.2) is 77.2 Å². The zero-order valence-corrected chi connectivity index (χ0v) is 19.0. The molecule has 1 unspecified atom stereocenters. The number of nitrogens with two attached hydrogens (primary N) is 1. The van der Waals surface area contributed by atoms with E-state index < -0.39 is 5.69 Å². The number of benzene rings is 1. The van der Waals surface area contributed by atoms with E-state index >= 15 is 0 Å². The number of carbonyl (C=O) groups excluding carboxylic acids is 1. The highest BCUT2D eigenvalue weighted by Gasteiger charge is 2.30. The maximum Gasteiger partial charge on any atom is 0.354 e. The Balaban J connectivity index is 1.26. The van der Waals surface area contributed by atoms with Crippen LogP contribution in [0.5, 0.6) is 0 Å². The Kier molecular flexibility index (Phi) is 6.43. The fourth-order valence-corrected chi connectivity index (χ4v) is 5.30. The number of piperazine rings is 1. The Morgan fingerprint density at radius 2 is 2.00 bits per heavy atom. The summed E-state index contributed by atoms with van der Waals surface area (Å²) in [5.74, 6) is 0.916. The molecule has 1 aromatic heterocycles. The van der Waals surface area contributed by atoms with Crippen LogP contribution in [0.15, 0.2) is 35.3 Å². The summed E-state index contributed by atoms with van der Waals surface area (Å²) in [5.41, 5.74) is 8.96. The maximum atomic E-state index is 12.7. The quantitative estimate of drug-likeness (QED) is 0.635. The van der Waals surface area contributed by atoms with Gasteiger partial charge in [0.05, 0.1) is 5.69 Å². The topological polar surface area (TPSA) is 109 Å². The molecule has 0 saturated carbocycles. The second-order valence-corrected chi connectivity index (χ2v) is 9.37. The van der Waals surface area contributed by atoms with Crippen molar-refractivity contribution in [1.29, 1.82) is 0 Å². The van der Waals surface area contributed by atoms with Crippen molar-refractivity contribution < 1.29 is 4.79 Å². The summed E-state index contributed by atoms with van der Waals surface area (Å²) in [6, 6.07) is 8.30. The molecule has 0 spiro atoms. The maximum absolute atomic E-state index is 12.7. The number of fused-ring (bicyclic) bond motifs is 1. The molecule has 2 aromatic rings. The number of urea groups is 1. The summed E-state index contributed by atoms with van der Waals surface area (Å²) in [6.07, 6.45) is 6.10. The van der Waals surface area contributed by atoms with E-state index in [-0.39, 0.29) is 11.8 Å². The summed E-state index contributed by atoms with van der Waals surface area (Å²) < 4.78 is 1.54. The molecular formula is C24H33N7O2. The van der Waals surface area contributed by atoms with Crippen molar-refractivity contribution in [2.24, 2.45) is 11.7 Å². The van der Waals surface area contributed by atoms with E-state index in [9.17, 15) is 9.59 Å². The first-order valence-corrected chi connectivity index (χ1v) is 12.0. The Hall–Kier alpha value is -2.75. The summed E-state index contributed by atoms with van der Waals surface area (Å²) in [6.45, 7) is 5.88. The van der Waals surface area contributed by atoms with Gasteiger partial charge in [0, 0.05) is 45.0 Å². The van der Waals surface area contributed by atoms with Gasteiger partial charge in [-0.2, -0.15) is 4.98 Å². The van der Waals surface area contributed by atoms with Gasteiger partial charge in [0.1, 0.15) is 5.82 Å². The molecule has 176 valence electrons. The normalized spacial score (nSPS) is 23.4. The second kappa shape index (κ2) is 9.62. The van der Waals surface area contributed by atoms with Crippen LogP contribution < -0.4 is 22.1 Å². The minimum Gasteiger partial charge on any atom is -0.330 e. The van der Waals surface area contributed by atoms with Crippen LogP contribution in [-0.2, 0) is 12.8 Å². The highest BCUT2D eigenvalue weighted by Crippen LogP contribution is 2.29. The van der Waals surface area contributed by atoms with Crippen LogP contribution in [0.2, 0.25) is 0 Å². The largest absolute Gasteiger partial charge is 0.354 e. The van der Waals surface area contributed by atoms with Gasteiger partial charge in [-0.1, -0.05) is 6.07 Å². The highest BCUT2D eigenvalue weighted by atomic mass is 16.2. The summed E-state index contributed by atoms with van der Waals surface area (Å²) >= 11 is 0. The van der Waals surface area contributed by atoms with Gasteiger partial charge < -0.3 is 16.0 Å². The molecule has 5 rings (SSSR count). The SMILES string of the molecule is NC[C@@H]1CCN(C2CCc3cc(-n4ccc(NC(=O)N5CCNCC5)nc4=O)ccc3C2)C1. The summed E-state index contributed by atoms with van der Waals surface area (Å²) in [4.78, 5) is 33.5. The van der Waals surface area contributed by atoms with Gasteiger partial charge in [0.15, 0.2) is 0 Å². The average molecular weight is 452 g/mol. The first-order chi connectivity index (χ1) is 16.1. The molecule has 2 aliphatic heterocycles. The zero-order chi connectivity index (χ0) is 22.8. The molecular weight excluding hydrogens is 418 g/mol. The Bertz CT molecular complexity index is 1060. The third kappa shape index (κ3) is 4.80. The molecule has 3 heterocycles. The minimum absolute atomic E-state index is 0.222. The van der Waals surface area contributed by atoms with Gasteiger partial charge in [0.25, 0.3) is 0 Å². The number of amides is 2. The predicted molar refractivity (Wildman–Crippen MR) is 128 cm³/mol. The zero-order valence-electron chi connectivity index (χ0n) is 19.0. The lowest BCUT2D eigenvalue weighted by Gasteiger charge is -2.32. The molecule has 9 nitrogen and oxygen atoms in total. The van der Waals surface area contributed by atoms with Crippen LogP contribution >= 0.6 is 0 Å². The van der Waals surface area contributed by atoms with Gasteiger partial charge in [0.2, 0.25) is 0 Å². The molecule has 9 heteroatoms. The molecule has 33 heavy (non-hydrogen) atoms. The number of hydrogen-bond acceptors (Lipinski definition) is 6. The number of carbonyl (C=O) groups is 1. The highest BCUT2D eigenvalue weighted by molar-refractivity contribution is 5.88. The smallest absolute Gasteiger partial charge is 0.330 e. The molecule has 2 fully saturated rings. The van der Waals surface area contributed by atoms with E-state index in [0.29, 0.717) is 25.0 Å². The van der Waals surface area contributed by atoms with Gasteiger partial charge >= 0.3 is 11.7 Å². The minimum atomic E-state index is -0.397. The third-order valence-electron chi connectivity index (χ3n) is 7.28. The molecule has 1 aromatic carbocycles. The van der Waals surface area contributed by atoms with Crippen molar-refractivity contribution in [3.63, 3.8) is 0 Å². The Morgan fingerprint density at radius 1 is 1.15 bits per heavy atom. The van der Waals surface area contributed by atoms with Gasteiger partial charge in [-0.05, 0) is 74.0 Å². The van der Waals surface area contributed by atoms with Crippen LogP contribution in [0, 0.1) is 5.92 Å². The fourth-order valence-electron chi connectivity index (χ4n) is 5.30. The molecule has 2 atom stereocenters. The molecule has 2 amide bonds. The number of nitrogens with zero attached hydrogens (tertiary/aromatic N) is 4. The van der Waals surface area contributed by atoms with Gasteiger partial charge in [-0.3, -0.25) is 14.8 Å². The number of anilines is 1. The molecule has 0 bridgehead atoms. The molecule has 3 aliphatic rings. The number of nitrogens with one attached hydrogen (secondary N) is 2. The van der Waals surface area contributed by atoms with Crippen molar-refractivity contribution in [1.82, 2.24) is 24.7 Å². The van der Waals surface area contributed by atoms with Crippen LogP contribution in [0.25, 0.3) is 5.69 Å². The van der Waals surface area contributed by atoms with Crippen LogP contribution in [0.1, 0.15) is 24.0 Å². The van der Waals surface area contributed by atoms with Gasteiger partial charge in [-0.15, -0.1) is 0 Å². The van der Waals surface area contributed by atoms with Crippen molar-refractivity contribution in [3.05, 3.63) is 52.1 Å². The predicted octanol–water partition coefficient (Wildman–Crippen LogP) is 0.808.